The summed E-state index contributed by atoms with van der Waals surface area (Å²) in [6.07, 6.45) is 0.759. The standard InChI is InChI=1S/C24H22N2O3S/c1-24-15-20(19-9-6-10-21(27-2)22(19)29-24)25-23(30)26(24)16-11-13-18(14-12-16)28-17-7-4-3-5-8-17/h3-14,20H,15H2,1-2H3,(H,25,30)/t20-,24+/m1/s1. The fourth-order valence-electron chi connectivity index (χ4n) is 4.20. The molecule has 6 heteroatoms. The zero-order chi connectivity index (χ0) is 20.7. The zero-order valence-electron chi connectivity index (χ0n) is 16.8. The Labute approximate surface area is 181 Å². The largest absolute Gasteiger partial charge is 0.493 e. The van der Waals surface area contributed by atoms with Crippen LogP contribution in [0, 0.1) is 0 Å². The van der Waals surface area contributed by atoms with Crippen LogP contribution in [0.15, 0.2) is 72.8 Å². The molecule has 5 nitrogen and oxygen atoms in total. The molecule has 5 rings (SSSR count). The van der Waals surface area contributed by atoms with Gasteiger partial charge in [0.05, 0.1) is 13.2 Å². The number of thiocarbonyl (C=S) groups is 1. The summed E-state index contributed by atoms with van der Waals surface area (Å²) in [5.41, 5.74) is 1.38. The monoisotopic (exact) mass is 418 g/mol. The number of ether oxygens (including phenoxy) is 3. The number of para-hydroxylation sites is 2. The fourth-order valence-corrected chi connectivity index (χ4v) is 4.64. The third-order valence-corrected chi connectivity index (χ3v) is 5.86. The summed E-state index contributed by atoms with van der Waals surface area (Å²) in [6.45, 7) is 2.07. The van der Waals surface area contributed by atoms with Crippen LogP contribution in [0.5, 0.6) is 23.0 Å². The summed E-state index contributed by atoms with van der Waals surface area (Å²) >= 11 is 5.74. The first-order valence-electron chi connectivity index (χ1n) is 9.87. The van der Waals surface area contributed by atoms with E-state index >= 15 is 0 Å². The molecule has 30 heavy (non-hydrogen) atoms. The fraction of sp³-hybridized carbons (Fsp3) is 0.208. The lowest BCUT2D eigenvalue weighted by Gasteiger charge is -2.52. The predicted octanol–water partition coefficient (Wildman–Crippen LogP) is 5.42. The van der Waals surface area contributed by atoms with E-state index in [-0.39, 0.29) is 6.04 Å². The third-order valence-electron chi connectivity index (χ3n) is 5.56. The van der Waals surface area contributed by atoms with E-state index < -0.39 is 5.72 Å². The number of nitrogens with zero attached hydrogens (tertiary/aromatic N) is 1. The Morgan fingerprint density at radius 3 is 2.47 bits per heavy atom. The molecule has 2 aliphatic rings. The van der Waals surface area contributed by atoms with Crippen LogP contribution in [0.25, 0.3) is 0 Å². The highest BCUT2D eigenvalue weighted by atomic mass is 32.1. The summed E-state index contributed by atoms with van der Waals surface area (Å²) in [5, 5.41) is 4.11. The van der Waals surface area contributed by atoms with Crippen LogP contribution in [0.3, 0.4) is 0 Å². The molecular weight excluding hydrogens is 396 g/mol. The van der Waals surface area contributed by atoms with Crippen LogP contribution in [-0.2, 0) is 0 Å². The second kappa shape index (κ2) is 7.22. The Balaban J connectivity index is 1.46. The number of methoxy groups -OCH3 is 1. The van der Waals surface area contributed by atoms with Gasteiger partial charge in [-0.25, -0.2) is 0 Å². The van der Waals surface area contributed by atoms with Gasteiger partial charge >= 0.3 is 0 Å². The van der Waals surface area contributed by atoms with Crippen molar-refractivity contribution in [1.82, 2.24) is 5.32 Å². The molecule has 0 saturated carbocycles. The molecule has 0 radical (unpaired) electrons. The number of hydrogen-bond acceptors (Lipinski definition) is 4. The highest BCUT2D eigenvalue weighted by molar-refractivity contribution is 7.80. The van der Waals surface area contributed by atoms with Gasteiger partial charge in [0.2, 0.25) is 0 Å². The molecule has 1 saturated heterocycles. The van der Waals surface area contributed by atoms with E-state index in [1.54, 1.807) is 7.11 Å². The number of benzene rings is 3. The van der Waals surface area contributed by atoms with Gasteiger partial charge in [0.25, 0.3) is 0 Å². The molecule has 2 heterocycles. The Morgan fingerprint density at radius 1 is 1.00 bits per heavy atom. The Morgan fingerprint density at radius 2 is 1.73 bits per heavy atom. The molecular formula is C24H22N2O3S. The normalized spacial score (nSPS) is 21.9. The van der Waals surface area contributed by atoms with E-state index in [0.29, 0.717) is 5.11 Å². The van der Waals surface area contributed by atoms with E-state index in [0.717, 1.165) is 40.7 Å². The molecule has 152 valence electrons. The molecule has 1 fully saturated rings. The van der Waals surface area contributed by atoms with Gasteiger partial charge in [0.15, 0.2) is 22.3 Å². The van der Waals surface area contributed by atoms with Crippen molar-refractivity contribution in [3.05, 3.63) is 78.4 Å². The van der Waals surface area contributed by atoms with E-state index in [9.17, 15) is 0 Å². The summed E-state index contributed by atoms with van der Waals surface area (Å²) in [6, 6.07) is 23.6. The molecule has 0 amide bonds. The molecule has 0 aromatic heterocycles. The molecule has 0 unspecified atom stereocenters. The van der Waals surface area contributed by atoms with Gasteiger partial charge in [0, 0.05) is 17.7 Å². The summed E-state index contributed by atoms with van der Waals surface area (Å²) < 4.78 is 18.0. The summed E-state index contributed by atoms with van der Waals surface area (Å²) in [4.78, 5) is 2.03. The van der Waals surface area contributed by atoms with Crippen molar-refractivity contribution in [1.29, 1.82) is 0 Å². The van der Waals surface area contributed by atoms with Gasteiger partial charge in [-0.15, -0.1) is 0 Å². The first-order chi connectivity index (χ1) is 14.6. The Bertz CT molecular complexity index is 1090. The quantitative estimate of drug-likeness (QED) is 0.571. The minimum atomic E-state index is -0.629. The average molecular weight is 419 g/mol. The number of hydrogen-bond donors (Lipinski definition) is 1. The first-order valence-corrected chi connectivity index (χ1v) is 10.3. The Hall–Kier alpha value is -3.25. The van der Waals surface area contributed by atoms with Gasteiger partial charge in [-0.2, -0.15) is 0 Å². The SMILES string of the molecule is COc1cccc2c1O[C@@]1(C)C[C@H]2NC(=S)N1c1ccc(Oc2ccccc2)cc1. The van der Waals surface area contributed by atoms with Crippen LogP contribution >= 0.6 is 12.2 Å². The lowest BCUT2D eigenvalue weighted by atomic mass is 9.90. The van der Waals surface area contributed by atoms with Gasteiger partial charge in [-0.05, 0) is 61.6 Å². The van der Waals surface area contributed by atoms with E-state index in [4.69, 9.17) is 26.4 Å². The van der Waals surface area contributed by atoms with Crippen LogP contribution in [-0.4, -0.2) is 17.9 Å². The molecule has 0 aliphatic carbocycles. The second-order valence-electron chi connectivity index (χ2n) is 7.61. The molecule has 3 aromatic carbocycles. The minimum absolute atomic E-state index is 0.0817. The molecule has 2 atom stereocenters. The summed E-state index contributed by atoms with van der Waals surface area (Å²) in [7, 11) is 1.66. The van der Waals surface area contributed by atoms with Gasteiger partial charge < -0.3 is 19.5 Å². The molecule has 1 N–H and O–H groups in total. The predicted molar refractivity (Wildman–Crippen MR) is 121 cm³/mol. The van der Waals surface area contributed by atoms with Crippen molar-refractivity contribution in [2.45, 2.75) is 25.1 Å². The topological polar surface area (TPSA) is 43.0 Å². The third kappa shape index (κ3) is 3.13. The Kier molecular flexibility index (Phi) is 4.51. The number of anilines is 1. The number of rotatable bonds is 4. The van der Waals surface area contributed by atoms with E-state index in [1.807, 2.05) is 71.6 Å². The second-order valence-corrected chi connectivity index (χ2v) is 7.99. The number of nitrogens with one attached hydrogen (secondary N) is 1. The van der Waals surface area contributed by atoms with Gasteiger partial charge in [-0.3, -0.25) is 4.90 Å². The maximum Gasteiger partial charge on any atom is 0.188 e. The molecule has 3 aromatic rings. The highest BCUT2D eigenvalue weighted by Gasteiger charge is 2.49. The average Bonchev–Trinajstić information content (AvgIpc) is 2.75. The number of fused-ring (bicyclic) bond motifs is 4. The van der Waals surface area contributed by atoms with Crippen LogP contribution in [0.2, 0.25) is 0 Å². The van der Waals surface area contributed by atoms with Crippen LogP contribution in [0.1, 0.15) is 24.9 Å². The van der Waals surface area contributed by atoms with Crippen molar-refractivity contribution >= 4 is 23.0 Å². The minimum Gasteiger partial charge on any atom is -0.493 e. The van der Waals surface area contributed by atoms with Crippen molar-refractivity contribution in [2.24, 2.45) is 0 Å². The molecule has 2 bridgehead atoms. The lowest BCUT2D eigenvalue weighted by molar-refractivity contribution is 0.0464. The van der Waals surface area contributed by atoms with Crippen molar-refractivity contribution < 1.29 is 14.2 Å². The van der Waals surface area contributed by atoms with Crippen molar-refractivity contribution in [3.8, 4) is 23.0 Å². The maximum atomic E-state index is 6.52. The molecule has 2 aliphatic heterocycles. The van der Waals surface area contributed by atoms with Crippen molar-refractivity contribution in [2.75, 3.05) is 12.0 Å². The van der Waals surface area contributed by atoms with Gasteiger partial charge in [-0.1, -0.05) is 30.3 Å². The van der Waals surface area contributed by atoms with Crippen LogP contribution < -0.4 is 24.4 Å². The van der Waals surface area contributed by atoms with E-state index in [2.05, 4.69) is 18.3 Å². The highest BCUT2D eigenvalue weighted by Crippen LogP contribution is 2.49. The zero-order valence-corrected chi connectivity index (χ0v) is 17.6. The van der Waals surface area contributed by atoms with Crippen LogP contribution in [0.4, 0.5) is 5.69 Å². The maximum absolute atomic E-state index is 6.52. The first kappa shape index (κ1) is 18.8. The smallest absolute Gasteiger partial charge is 0.188 e. The van der Waals surface area contributed by atoms with Gasteiger partial charge in [0.1, 0.15) is 11.5 Å². The van der Waals surface area contributed by atoms with E-state index in [1.165, 1.54) is 0 Å². The lowest BCUT2D eigenvalue weighted by Crippen LogP contribution is -2.65. The van der Waals surface area contributed by atoms with Crippen molar-refractivity contribution in [3.63, 3.8) is 0 Å². The summed E-state index contributed by atoms with van der Waals surface area (Å²) in [5.74, 6) is 3.06. The molecule has 0 spiro atoms.